The monoisotopic (exact) mass is 481 g/mol. The van der Waals surface area contributed by atoms with E-state index in [2.05, 4.69) is 15.6 Å². The van der Waals surface area contributed by atoms with E-state index in [-0.39, 0.29) is 30.5 Å². The highest BCUT2D eigenvalue weighted by molar-refractivity contribution is 6.31. The number of aryl methyl sites for hydroxylation is 1. The third kappa shape index (κ3) is 4.93. The van der Waals surface area contributed by atoms with E-state index in [9.17, 15) is 22.8 Å². The van der Waals surface area contributed by atoms with Crippen molar-refractivity contribution in [2.24, 2.45) is 5.41 Å². The number of pyridine rings is 1. The lowest BCUT2D eigenvalue weighted by molar-refractivity contribution is -0.183. The van der Waals surface area contributed by atoms with Gasteiger partial charge in [-0.1, -0.05) is 11.6 Å². The second kappa shape index (κ2) is 8.52. The smallest absolute Gasteiger partial charge is 0.417 e. The van der Waals surface area contributed by atoms with Gasteiger partial charge < -0.3 is 15.4 Å². The Bertz CT molecular complexity index is 1050. The molecule has 1 heterocycles. The first-order chi connectivity index (χ1) is 15.5. The van der Waals surface area contributed by atoms with Gasteiger partial charge in [0, 0.05) is 35.4 Å². The normalized spacial score (nSPS) is 23.2. The Balaban J connectivity index is 1.17. The number of nitrogens with one attached hydrogen (secondary N) is 2. The second-order valence-corrected chi connectivity index (χ2v) is 9.29. The van der Waals surface area contributed by atoms with Crippen LogP contribution in [-0.2, 0) is 22.2 Å². The van der Waals surface area contributed by atoms with Crippen molar-refractivity contribution in [2.75, 3.05) is 13.2 Å². The summed E-state index contributed by atoms with van der Waals surface area (Å²) in [6.07, 6.45) is -1.59. The Morgan fingerprint density at radius 3 is 2.52 bits per heavy atom. The molecule has 3 aliphatic carbocycles. The Labute approximate surface area is 193 Å². The molecule has 176 valence electrons. The minimum atomic E-state index is -4.42. The highest BCUT2D eigenvalue weighted by Crippen LogP contribution is 2.67. The van der Waals surface area contributed by atoms with Crippen LogP contribution in [0.15, 0.2) is 36.5 Å². The molecular formula is C23H23ClF3N3O3. The average Bonchev–Trinajstić information content (AvgIpc) is 2.70. The van der Waals surface area contributed by atoms with E-state index in [4.69, 9.17) is 16.3 Å². The van der Waals surface area contributed by atoms with Crippen LogP contribution in [0.4, 0.5) is 13.2 Å². The molecule has 6 nitrogen and oxygen atoms in total. The molecule has 1 aromatic heterocycles. The lowest BCUT2D eigenvalue weighted by Gasteiger charge is -2.69. The number of nitrogens with zero attached hydrogens (tertiary/aromatic N) is 1. The van der Waals surface area contributed by atoms with Crippen LogP contribution >= 0.6 is 11.6 Å². The van der Waals surface area contributed by atoms with Gasteiger partial charge in [0.1, 0.15) is 5.75 Å². The zero-order chi connectivity index (χ0) is 23.9. The number of benzene rings is 1. The van der Waals surface area contributed by atoms with E-state index in [1.807, 2.05) is 6.92 Å². The quantitative estimate of drug-likeness (QED) is 0.600. The molecule has 2 N–H and O–H groups in total. The maximum absolute atomic E-state index is 12.6. The number of ether oxygens (including phenoxy) is 1. The van der Waals surface area contributed by atoms with Gasteiger partial charge in [0.25, 0.3) is 5.91 Å². The van der Waals surface area contributed by atoms with Crippen molar-refractivity contribution < 1.29 is 27.5 Å². The topological polar surface area (TPSA) is 80.3 Å². The summed E-state index contributed by atoms with van der Waals surface area (Å²) in [5.74, 6) is 0.214. The van der Waals surface area contributed by atoms with E-state index in [1.165, 1.54) is 6.07 Å². The average molecular weight is 482 g/mol. The molecule has 0 spiro atoms. The molecular weight excluding hydrogens is 459 g/mol. The summed E-state index contributed by atoms with van der Waals surface area (Å²) in [6, 6.07) is 7.46. The third-order valence-electron chi connectivity index (χ3n) is 6.23. The van der Waals surface area contributed by atoms with Crippen LogP contribution in [0, 0.1) is 12.3 Å². The minimum absolute atomic E-state index is 0.0987. The first kappa shape index (κ1) is 23.4. The van der Waals surface area contributed by atoms with Crippen LogP contribution in [0.2, 0.25) is 5.02 Å². The van der Waals surface area contributed by atoms with Crippen LogP contribution in [0.1, 0.15) is 36.1 Å². The van der Waals surface area contributed by atoms with Gasteiger partial charge in [-0.3, -0.25) is 14.6 Å². The molecule has 5 rings (SSSR count). The minimum Gasteiger partial charge on any atom is -0.484 e. The number of rotatable bonds is 8. The molecule has 2 bridgehead atoms. The van der Waals surface area contributed by atoms with Crippen LogP contribution < -0.4 is 15.4 Å². The van der Waals surface area contributed by atoms with Crippen molar-refractivity contribution in [1.82, 2.24) is 15.6 Å². The molecule has 0 radical (unpaired) electrons. The predicted octanol–water partition coefficient (Wildman–Crippen LogP) is 3.84. The van der Waals surface area contributed by atoms with Gasteiger partial charge in [0.15, 0.2) is 6.61 Å². The summed E-state index contributed by atoms with van der Waals surface area (Å²) in [5.41, 5.74) is -0.306. The molecule has 0 unspecified atom stereocenters. The van der Waals surface area contributed by atoms with Crippen LogP contribution in [0.5, 0.6) is 5.75 Å². The Morgan fingerprint density at radius 1 is 1.18 bits per heavy atom. The highest BCUT2D eigenvalue weighted by Gasteiger charge is 2.72. The summed E-state index contributed by atoms with van der Waals surface area (Å²) in [5, 5.41) is 6.42. The summed E-state index contributed by atoms with van der Waals surface area (Å²) >= 11 is 5.98. The largest absolute Gasteiger partial charge is 0.484 e. The van der Waals surface area contributed by atoms with Gasteiger partial charge in [-0.15, -0.1) is 0 Å². The molecule has 10 heteroatoms. The van der Waals surface area contributed by atoms with E-state index in [0.29, 0.717) is 42.1 Å². The summed E-state index contributed by atoms with van der Waals surface area (Å²) < 4.78 is 43.3. The molecule has 3 fully saturated rings. The molecule has 3 saturated carbocycles. The molecule has 2 amide bonds. The summed E-state index contributed by atoms with van der Waals surface area (Å²) in [6.45, 7) is 2.01. The van der Waals surface area contributed by atoms with Gasteiger partial charge in [0.2, 0.25) is 5.91 Å². The van der Waals surface area contributed by atoms with E-state index in [1.54, 1.807) is 18.2 Å². The number of alkyl halides is 3. The van der Waals surface area contributed by atoms with E-state index < -0.39 is 17.2 Å². The summed E-state index contributed by atoms with van der Waals surface area (Å²) in [7, 11) is 0. The molecule has 0 atom stereocenters. The van der Waals surface area contributed by atoms with Crippen LogP contribution in [0.25, 0.3) is 0 Å². The molecule has 0 aliphatic heterocycles. The maximum atomic E-state index is 12.6. The van der Waals surface area contributed by atoms with Gasteiger partial charge in [-0.2, -0.15) is 13.2 Å². The number of hydrogen-bond donors (Lipinski definition) is 2. The van der Waals surface area contributed by atoms with Crippen LogP contribution in [-0.4, -0.2) is 35.5 Å². The predicted molar refractivity (Wildman–Crippen MR) is 115 cm³/mol. The fraction of sp³-hybridized carbons (Fsp3) is 0.435. The lowest BCUT2D eigenvalue weighted by Crippen LogP contribution is -2.78. The van der Waals surface area contributed by atoms with Gasteiger partial charge in [-0.05, 0) is 62.1 Å². The Kier molecular flexibility index (Phi) is 6.03. The number of carbonyl (C=O) groups excluding carboxylic acids is 2. The third-order valence-corrected chi connectivity index (χ3v) is 6.66. The molecule has 33 heavy (non-hydrogen) atoms. The zero-order valence-corrected chi connectivity index (χ0v) is 18.6. The van der Waals surface area contributed by atoms with Crippen LogP contribution in [0.3, 0.4) is 0 Å². The fourth-order valence-electron chi connectivity index (χ4n) is 4.58. The molecule has 0 saturated heterocycles. The van der Waals surface area contributed by atoms with E-state index in [0.717, 1.165) is 17.8 Å². The van der Waals surface area contributed by atoms with E-state index >= 15 is 0 Å². The first-order valence-corrected chi connectivity index (χ1v) is 10.9. The molecule has 1 aromatic carbocycles. The van der Waals surface area contributed by atoms with Gasteiger partial charge in [-0.25, -0.2) is 0 Å². The standard InChI is InChI=1S/C23H23ClF3N3O3/c1-14-8-17(4-5-18(14)24)33-10-19(31)30-22-11-21(12-22,13-22)20(32)28-7-6-16-3-2-15(9-29-16)23(25,26)27/h2-5,8-9H,6-7,10-13H2,1H3,(H,28,32)(H,30,31). The van der Waals surface area contributed by atoms with Crippen molar-refractivity contribution in [2.45, 2.75) is 44.3 Å². The zero-order valence-electron chi connectivity index (χ0n) is 17.9. The molecule has 2 aromatic rings. The first-order valence-electron chi connectivity index (χ1n) is 10.5. The Hall–Kier alpha value is -2.81. The Morgan fingerprint density at radius 2 is 1.91 bits per heavy atom. The summed E-state index contributed by atoms with van der Waals surface area (Å²) in [4.78, 5) is 28.6. The van der Waals surface area contributed by atoms with Crippen molar-refractivity contribution in [3.63, 3.8) is 0 Å². The van der Waals surface area contributed by atoms with Crippen molar-refractivity contribution in [1.29, 1.82) is 0 Å². The van der Waals surface area contributed by atoms with Crippen molar-refractivity contribution in [3.8, 4) is 5.75 Å². The van der Waals surface area contributed by atoms with Crippen molar-refractivity contribution in [3.05, 3.63) is 58.4 Å². The highest BCUT2D eigenvalue weighted by atomic mass is 35.5. The number of carbonyl (C=O) groups is 2. The van der Waals surface area contributed by atoms with Gasteiger partial charge in [0.05, 0.1) is 11.0 Å². The fourth-order valence-corrected chi connectivity index (χ4v) is 4.70. The number of aromatic nitrogens is 1. The SMILES string of the molecule is Cc1cc(OCC(=O)NC23CC(C(=O)NCCc4ccc(C(F)(F)F)cn4)(C2)C3)ccc1Cl. The van der Waals surface area contributed by atoms with Crippen molar-refractivity contribution >= 4 is 23.4 Å². The number of hydrogen-bond acceptors (Lipinski definition) is 4. The lowest BCUT2D eigenvalue weighted by atomic mass is 9.39. The number of halogens is 4. The number of amides is 2. The molecule has 3 aliphatic rings. The maximum Gasteiger partial charge on any atom is 0.417 e. The second-order valence-electron chi connectivity index (χ2n) is 8.88. The van der Waals surface area contributed by atoms with Gasteiger partial charge >= 0.3 is 6.18 Å².